The van der Waals surface area contributed by atoms with E-state index in [1.165, 1.54) is 31.5 Å². The highest BCUT2D eigenvalue weighted by atomic mass is 15.2. The highest BCUT2D eigenvalue weighted by Gasteiger charge is 2.32. The van der Waals surface area contributed by atoms with Gasteiger partial charge in [0, 0.05) is 19.1 Å². The Morgan fingerprint density at radius 2 is 2.00 bits per heavy atom. The van der Waals surface area contributed by atoms with Gasteiger partial charge >= 0.3 is 0 Å². The van der Waals surface area contributed by atoms with Gasteiger partial charge in [0.15, 0.2) is 0 Å². The smallest absolute Gasteiger partial charge is 0.0221 e. The zero-order chi connectivity index (χ0) is 13.0. The molecule has 0 saturated carbocycles. The second kappa shape index (κ2) is 5.85. The Labute approximate surface area is 111 Å². The Balaban J connectivity index is 1.87. The summed E-state index contributed by atoms with van der Waals surface area (Å²) < 4.78 is 0. The molecule has 0 bridgehead atoms. The third-order valence-corrected chi connectivity index (χ3v) is 4.10. The molecule has 0 aliphatic carbocycles. The highest BCUT2D eigenvalue weighted by molar-refractivity contribution is 5.14. The van der Waals surface area contributed by atoms with E-state index in [1.54, 1.807) is 0 Å². The van der Waals surface area contributed by atoms with E-state index in [1.807, 2.05) is 0 Å². The molecule has 2 heteroatoms. The lowest BCUT2D eigenvalue weighted by atomic mass is 9.93. The van der Waals surface area contributed by atoms with Crippen molar-refractivity contribution in [3.63, 3.8) is 0 Å². The van der Waals surface area contributed by atoms with Gasteiger partial charge in [0.1, 0.15) is 0 Å². The summed E-state index contributed by atoms with van der Waals surface area (Å²) in [6.45, 7) is 7.91. The molecule has 1 atom stereocenters. The number of aryl methyl sites for hydroxylation is 1. The predicted octanol–water partition coefficient (Wildman–Crippen LogP) is 2.68. The van der Waals surface area contributed by atoms with Crippen LogP contribution in [0.5, 0.6) is 0 Å². The van der Waals surface area contributed by atoms with E-state index in [-0.39, 0.29) is 0 Å². The fourth-order valence-electron chi connectivity index (χ4n) is 2.89. The summed E-state index contributed by atoms with van der Waals surface area (Å²) in [6.07, 6.45) is 3.62. The van der Waals surface area contributed by atoms with Gasteiger partial charge < -0.3 is 5.73 Å². The van der Waals surface area contributed by atoms with Crippen LogP contribution < -0.4 is 5.73 Å². The lowest BCUT2D eigenvalue weighted by molar-refractivity contribution is 0.211. The molecular formula is C16H26N2. The summed E-state index contributed by atoms with van der Waals surface area (Å²) in [4.78, 5) is 2.59. The van der Waals surface area contributed by atoms with E-state index in [9.17, 15) is 0 Å². The average Bonchev–Trinajstić information content (AvgIpc) is 2.72. The molecule has 1 aromatic carbocycles. The minimum Gasteiger partial charge on any atom is -0.329 e. The van der Waals surface area contributed by atoms with Crippen LogP contribution in [0.2, 0.25) is 0 Å². The van der Waals surface area contributed by atoms with Crippen molar-refractivity contribution in [2.75, 3.05) is 19.6 Å². The van der Waals surface area contributed by atoms with Crippen molar-refractivity contribution in [1.82, 2.24) is 4.90 Å². The quantitative estimate of drug-likeness (QED) is 0.865. The van der Waals surface area contributed by atoms with Crippen LogP contribution in [0.4, 0.5) is 0 Å². The van der Waals surface area contributed by atoms with E-state index in [0.717, 1.165) is 13.0 Å². The minimum atomic E-state index is 0.472. The largest absolute Gasteiger partial charge is 0.329 e. The van der Waals surface area contributed by atoms with Crippen LogP contribution in [-0.2, 0) is 6.42 Å². The van der Waals surface area contributed by atoms with Gasteiger partial charge in [-0.15, -0.1) is 0 Å². The first kappa shape index (κ1) is 13.6. The Hall–Kier alpha value is -0.860. The second-order valence-corrected chi connectivity index (χ2v) is 6.30. The van der Waals surface area contributed by atoms with Crippen molar-refractivity contribution in [2.45, 2.75) is 39.2 Å². The van der Waals surface area contributed by atoms with Crippen LogP contribution in [-0.4, -0.2) is 30.6 Å². The zero-order valence-electron chi connectivity index (χ0n) is 11.7. The highest BCUT2D eigenvalue weighted by Crippen LogP contribution is 2.30. The van der Waals surface area contributed by atoms with Crippen LogP contribution >= 0.6 is 0 Å². The van der Waals surface area contributed by atoms with Crippen molar-refractivity contribution in [3.8, 4) is 0 Å². The molecule has 2 rings (SSSR count). The Morgan fingerprint density at radius 1 is 1.28 bits per heavy atom. The summed E-state index contributed by atoms with van der Waals surface area (Å²) in [6, 6.07) is 11.3. The van der Waals surface area contributed by atoms with Crippen LogP contribution in [0, 0.1) is 5.41 Å². The van der Waals surface area contributed by atoms with Crippen molar-refractivity contribution >= 4 is 0 Å². The van der Waals surface area contributed by atoms with E-state index in [4.69, 9.17) is 5.73 Å². The van der Waals surface area contributed by atoms with Crippen LogP contribution in [0.3, 0.4) is 0 Å². The first-order valence-electron chi connectivity index (χ1n) is 7.09. The Bertz CT molecular complexity index is 359. The summed E-state index contributed by atoms with van der Waals surface area (Å²) in [5.74, 6) is 0. The molecule has 1 aliphatic heterocycles. The fraction of sp³-hybridized carbons (Fsp3) is 0.625. The maximum atomic E-state index is 5.96. The number of hydrogen-bond acceptors (Lipinski definition) is 2. The molecule has 1 aliphatic rings. The van der Waals surface area contributed by atoms with Gasteiger partial charge in [0.2, 0.25) is 0 Å². The van der Waals surface area contributed by atoms with Crippen molar-refractivity contribution < 1.29 is 0 Å². The van der Waals surface area contributed by atoms with Gasteiger partial charge in [-0.25, -0.2) is 0 Å². The molecule has 2 N–H and O–H groups in total. The van der Waals surface area contributed by atoms with Gasteiger partial charge in [-0.2, -0.15) is 0 Å². The molecule has 1 heterocycles. The number of likely N-dealkylation sites (tertiary alicyclic amines) is 1. The maximum Gasteiger partial charge on any atom is 0.0221 e. The van der Waals surface area contributed by atoms with Crippen molar-refractivity contribution in [1.29, 1.82) is 0 Å². The predicted molar refractivity (Wildman–Crippen MR) is 77.6 cm³/mol. The molecule has 1 saturated heterocycles. The van der Waals surface area contributed by atoms with Crippen LogP contribution in [0.25, 0.3) is 0 Å². The van der Waals surface area contributed by atoms with Crippen molar-refractivity contribution in [3.05, 3.63) is 35.9 Å². The average molecular weight is 246 g/mol. The van der Waals surface area contributed by atoms with Gasteiger partial charge in [-0.1, -0.05) is 44.2 Å². The minimum absolute atomic E-state index is 0.472. The SMILES string of the molecule is CC1(C)CCN(C(CN)CCc2ccccc2)C1. The molecule has 1 aromatic rings. The molecule has 18 heavy (non-hydrogen) atoms. The summed E-state index contributed by atoms with van der Waals surface area (Å²) in [5, 5.41) is 0. The number of benzene rings is 1. The third kappa shape index (κ3) is 3.56. The summed E-state index contributed by atoms with van der Waals surface area (Å²) in [5.41, 5.74) is 7.86. The first-order chi connectivity index (χ1) is 8.61. The normalized spacial score (nSPS) is 21.1. The van der Waals surface area contributed by atoms with E-state index < -0.39 is 0 Å². The second-order valence-electron chi connectivity index (χ2n) is 6.30. The summed E-state index contributed by atoms with van der Waals surface area (Å²) in [7, 11) is 0. The molecule has 2 nitrogen and oxygen atoms in total. The summed E-state index contributed by atoms with van der Waals surface area (Å²) >= 11 is 0. The molecule has 0 spiro atoms. The zero-order valence-corrected chi connectivity index (χ0v) is 11.7. The van der Waals surface area contributed by atoms with Crippen LogP contribution in [0.15, 0.2) is 30.3 Å². The van der Waals surface area contributed by atoms with Gasteiger partial charge in [0.25, 0.3) is 0 Å². The number of nitrogens with two attached hydrogens (primary N) is 1. The van der Waals surface area contributed by atoms with E-state index in [2.05, 4.69) is 49.1 Å². The lowest BCUT2D eigenvalue weighted by Gasteiger charge is -2.28. The molecule has 1 unspecified atom stereocenters. The van der Waals surface area contributed by atoms with Crippen LogP contribution in [0.1, 0.15) is 32.3 Å². The number of rotatable bonds is 5. The molecule has 100 valence electrons. The molecule has 0 aromatic heterocycles. The van der Waals surface area contributed by atoms with Crippen molar-refractivity contribution in [2.24, 2.45) is 11.1 Å². The van der Waals surface area contributed by atoms with Gasteiger partial charge in [-0.3, -0.25) is 4.90 Å². The monoisotopic (exact) mass is 246 g/mol. The van der Waals surface area contributed by atoms with E-state index >= 15 is 0 Å². The topological polar surface area (TPSA) is 29.3 Å². The van der Waals surface area contributed by atoms with E-state index in [0.29, 0.717) is 11.5 Å². The number of hydrogen-bond donors (Lipinski definition) is 1. The van der Waals surface area contributed by atoms with Gasteiger partial charge in [-0.05, 0) is 36.8 Å². The lowest BCUT2D eigenvalue weighted by Crippen LogP contribution is -2.40. The van der Waals surface area contributed by atoms with Gasteiger partial charge in [0.05, 0.1) is 0 Å². The first-order valence-corrected chi connectivity index (χ1v) is 7.09. The molecule has 0 amide bonds. The molecular weight excluding hydrogens is 220 g/mol. The standard InChI is InChI=1S/C16H26N2/c1-16(2)10-11-18(13-16)15(12-17)9-8-14-6-4-3-5-7-14/h3-7,15H,8-13,17H2,1-2H3. The molecule has 1 fully saturated rings. The molecule has 0 radical (unpaired) electrons. The Kier molecular flexibility index (Phi) is 4.41. The Morgan fingerprint density at radius 3 is 2.56 bits per heavy atom. The number of nitrogens with zero attached hydrogens (tertiary/aromatic N) is 1. The maximum absolute atomic E-state index is 5.96. The fourth-order valence-corrected chi connectivity index (χ4v) is 2.89. The third-order valence-electron chi connectivity index (χ3n) is 4.10.